The van der Waals surface area contributed by atoms with E-state index >= 15 is 0 Å². The standard InChI is InChI=1S/C12H13ClN2/c1-9-3-2-6-15(9)12-7-10(8-14)4-5-11(12)13/h4-5,7,9H,2-3,6H2,1H3. The summed E-state index contributed by atoms with van der Waals surface area (Å²) in [5.41, 5.74) is 1.68. The molecule has 0 spiro atoms. The molecular formula is C12H13ClN2. The molecular weight excluding hydrogens is 208 g/mol. The second-order valence-electron chi connectivity index (χ2n) is 3.96. The van der Waals surface area contributed by atoms with Crippen LogP contribution in [-0.4, -0.2) is 12.6 Å². The number of anilines is 1. The topological polar surface area (TPSA) is 27.0 Å². The van der Waals surface area contributed by atoms with E-state index in [-0.39, 0.29) is 0 Å². The van der Waals surface area contributed by atoms with Crippen molar-refractivity contribution in [1.29, 1.82) is 5.26 Å². The Morgan fingerprint density at radius 2 is 2.33 bits per heavy atom. The smallest absolute Gasteiger partial charge is 0.0992 e. The number of nitrogens with zero attached hydrogens (tertiary/aromatic N) is 2. The van der Waals surface area contributed by atoms with Gasteiger partial charge in [-0.3, -0.25) is 0 Å². The van der Waals surface area contributed by atoms with Gasteiger partial charge < -0.3 is 4.90 Å². The Hall–Kier alpha value is -1.20. The zero-order chi connectivity index (χ0) is 10.8. The molecule has 3 heteroatoms. The second kappa shape index (κ2) is 4.12. The van der Waals surface area contributed by atoms with Crippen molar-refractivity contribution in [2.45, 2.75) is 25.8 Å². The molecule has 15 heavy (non-hydrogen) atoms. The molecule has 78 valence electrons. The number of rotatable bonds is 1. The van der Waals surface area contributed by atoms with Gasteiger partial charge in [0.2, 0.25) is 0 Å². The summed E-state index contributed by atoms with van der Waals surface area (Å²) < 4.78 is 0. The Bertz CT molecular complexity index is 409. The molecule has 0 N–H and O–H groups in total. The maximum Gasteiger partial charge on any atom is 0.0992 e. The van der Waals surface area contributed by atoms with Gasteiger partial charge in [0.1, 0.15) is 0 Å². The Morgan fingerprint density at radius 1 is 1.53 bits per heavy atom. The molecule has 2 rings (SSSR count). The third-order valence-corrected chi connectivity index (χ3v) is 3.26. The minimum absolute atomic E-state index is 0.524. The summed E-state index contributed by atoms with van der Waals surface area (Å²) in [6, 6.07) is 8.11. The molecule has 0 saturated carbocycles. The van der Waals surface area contributed by atoms with Crippen LogP contribution in [0.4, 0.5) is 5.69 Å². The van der Waals surface area contributed by atoms with Gasteiger partial charge in [-0.25, -0.2) is 0 Å². The van der Waals surface area contributed by atoms with E-state index in [1.54, 1.807) is 12.1 Å². The van der Waals surface area contributed by atoms with Crippen LogP contribution >= 0.6 is 11.6 Å². The number of halogens is 1. The first-order valence-corrected chi connectivity index (χ1v) is 5.56. The first-order chi connectivity index (χ1) is 7.22. The van der Waals surface area contributed by atoms with Crippen molar-refractivity contribution in [1.82, 2.24) is 0 Å². The quantitative estimate of drug-likeness (QED) is 0.727. The average molecular weight is 221 g/mol. The molecule has 2 nitrogen and oxygen atoms in total. The Morgan fingerprint density at radius 3 is 2.93 bits per heavy atom. The van der Waals surface area contributed by atoms with Gasteiger partial charge in [-0.15, -0.1) is 0 Å². The van der Waals surface area contributed by atoms with Gasteiger partial charge in [-0.2, -0.15) is 5.26 Å². The molecule has 1 unspecified atom stereocenters. The fraction of sp³-hybridized carbons (Fsp3) is 0.417. The van der Waals surface area contributed by atoms with Crippen LogP contribution in [-0.2, 0) is 0 Å². The lowest BCUT2D eigenvalue weighted by Crippen LogP contribution is -2.26. The highest BCUT2D eigenvalue weighted by atomic mass is 35.5. The SMILES string of the molecule is CC1CCCN1c1cc(C#N)ccc1Cl. The molecule has 0 amide bonds. The summed E-state index contributed by atoms with van der Waals surface area (Å²) in [5.74, 6) is 0. The molecule has 1 fully saturated rings. The van der Waals surface area contributed by atoms with Gasteiger partial charge in [-0.1, -0.05) is 11.6 Å². The minimum Gasteiger partial charge on any atom is -0.368 e. The number of hydrogen-bond acceptors (Lipinski definition) is 2. The Balaban J connectivity index is 2.38. The van der Waals surface area contributed by atoms with Crippen LogP contribution in [0.1, 0.15) is 25.3 Å². The van der Waals surface area contributed by atoms with Crippen LogP contribution in [0.15, 0.2) is 18.2 Å². The summed E-state index contributed by atoms with van der Waals surface area (Å²) in [6.07, 6.45) is 2.40. The molecule has 0 bridgehead atoms. The van der Waals surface area contributed by atoms with Crippen molar-refractivity contribution in [3.63, 3.8) is 0 Å². The molecule has 1 aromatic rings. The molecule has 1 aliphatic rings. The summed E-state index contributed by atoms with van der Waals surface area (Å²) >= 11 is 6.15. The fourth-order valence-electron chi connectivity index (χ4n) is 2.09. The number of hydrogen-bond donors (Lipinski definition) is 0. The molecule has 1 saturated heterocycles. The van der Waals surface area contributed by atoms with Gasteiger partial charge in [0.25, 0.3) is 0 Å². The highest BCUT2D eigenvalue weighted by Gasteiger charge is 2.22. The Labute approximate surface area is 95.1 Å². The van der Waals surface area contributed by atoms with Crippen LogP contribution in [0.3, 0.4) is 0 Å². The molecule has 0 radical (unpaired) electrons. The van der Waals surface area contributed by atoms with Crippen molar-refractivity contribution in [2.75, 3.05) is 11.4 Å². The van der Waals surface area contributed by atoms with E-state index in [9.17, 15) is 0 Å². The zero-order valence-corrected chi connectivity index (χ0v) is 9.46. The van der Waals surface area contributed by atoms with Crippen LogP contribution in [0.2, 0.25) is 5.02 Å². The summed E-state index contributed by atoms with van der Waals surface area (Å²) in [4.78, 5) is 2.28. The van der Waals surface area contributed by atoms with E-state index in [0.717, 1.165) is 17.3 Å². The normalized spacial score (nSPS) is 20.3. The first-order valence-electron chi connectivity index (χ1n) is 5.18. The van der Waals surface area contributed by atoms with Gasteiger partial charge in [0.15, 0.2) is 0 Å². The van der Waals surface area contributed by atoms with Gasteiger partial charge >= 0.3 is 0 Å². The van der Waals surface area contributed by atoms with Crippen molar-refractivity contribution < 1.29 is 0 Å². The lowest BCUT2D eigenvalue weighted by molar-refractivity contribution is 0.735. The van der Waals surface area contributed by atoms with E-state index in [2.05, 4.69) is 17.9 Å². The van der Waals surface area contributed by atoms with Gasteiger partial charge in [0, 0.05) is 12.6 Å². The largest absolute Gasteiger partial charge is 0.368 e. The fourth-order valence-corrected chi connectivity index (χ4v) is 2.32. The predicted molar refractivity (Wildman–Crippen MR) is 62.2 cm³/mol. The summed E-state index contributed by atoms with van der Waals surface area (Å²) in [7, 11) is 0. The second-order valence-corrected chi connectivity index (χ2v) is 4.37. The van der Waals surface area contributed by atoms with E-state index in [1.165, 1.54) is 12.8 Å². The maximum absolute atomic E-state index is 8.85. The average Bonchev–Trinajstić information content (AvgIpc) is 2.65. The summed E-state index contributed by atoms with van der Waals surface area (Å²) in [6.45, 7) is 3.23. The molecule has 1 atom stereocenters. The molecule has 0 aromatic heterocycles. The van der Waals surface area contributed by atoms with Crippen molar-refractivity contribution in [3.8, 4) is 6.07 Å². The third-order valence-electron chi connectivity index (χ3n) is 2.94. The van der Waals surface area contributed by atoms with E-state index in [4.69, 9.17) is 16.9 Å². The monoisotopic (exact) mass is 220 g/mol. The zero-order valence-electron chi connectivity index (χ0n) is 8.70. The number of benzene rings is 1. The van der Waals surface area contributed by atoms with Crippen molar-refractivity contribution in [2.24, 2.45) is 0 Å². The number of nitriles is 1. The van der Waals surface area contributed by atoms with E-state index in [0.29, 0.717) is 11.6 Å². The lowest BCUT2D eigenvalue weighted by Gasteiger charge is -2.24. The van der Waals surface area contributed by atoms with Crippen LogP contribution < -0.4 is 4.90 Å². The van der Waals surface area contributed by atoms with Gasteiger partial charge in [-0.05, 0) is 38.0 Å². The maximum atomic E-state index is 8.85. The predicted octanol–water partition coefficient (Wildman–Crippen LogP) is 3.20. The van der Waals surface area contributed by atoms with Crippen molar-refractivity contribution in [3.05, 3.63) is 28.8 Å². The Kier molecular flexibility index (Phi) is 2.83. The molecule has 1 aliphatic heterocycles. The highest BCUT2D eigenvalue weighted by molar-refractivity contribution is 6.33. The molecule has 0 aliphatic carbocycles. The third kappa shape index (κ3) is 1.93. The van der Waals surface area contributed by atoms with Crippen LogP contribution in [0, 0.1) is 11.3 Å². The highest BCUT2D eigenvalue weighted by Crippen LogP contribution is 2.32. The molecule has 1 aromatic carbocycles. The van der Waals surface area contributed by atoms with Gasteiger partial charge in [0.05, 0.1) is 22.3 Å². The first kappa shape index (κ1) is 10.3. The van der Waals surface area contributed by atoms with E-state index in [1.807, 2.05) is 6.07 Å². The van der Waals surface area contributed by atoms with Crippen LogP contribution in [0.25, 0.3) is 0 Å². The van der Waals surface area contributed by atoms with E-state index < -0.39 is 0 Å². The minimum atomic E-state index is 0.524. The molecule has 1 heterocycles. The lowest BCUT2D eigenvalue weighted by atomic mass is 10.2. The van der Waals surface area contributed by atoms with Crippen molar-refractivity contribution >= 4 is 17.3 Å². The summed E-state index contributed by atoms with van der Waals surface area (Å²) in [5, 5.41) is 9.59. The van der Waals surface area contributed by atoms with Crippen LogP contribution in [0.5, 0.6) is 0 Å².